The van der Waals surface area contributed by atoms with Gasteiger partial charge in [0, 0.05) is 24.2 Å². The number of aromatic nitrogens is 1. The molecule has 1 atom stereocenters. The highest BCUT2D eigenvalue weighted by atomic mass is 16.3. The molecule has 0 saturated heterocycles. The van der Waals surface area contributed by atoms with Gasteiger partial charge in [-0.05, 0) is 55.9 Å². The summed E-state index contributed by atoms with van der Waals surface area (Å²) in [6, 6.07) is 8.79. The number of amides is 1. The second-order valence-corrected chi connectivity index (χ2v) is 9.42. The Morgan fingerprint density at radius 2 is 1.73 bits per heavy atom. The molecule has 0 spiro atoms. The van der Waals surface area contributed by atoms with Gasteiger partial charge in [-0.15, -0.1) is 5.11 Å². The molecule has 1 heterocycles. The highest BCUT2D eigenvalue weighted by Crippen LogP contribution is 2.29. The average Bonchev–Trinajstić information content (AvgIpc) is 2.91. The van der Waals surface area contributed by atoms with Gasteiger partial charge < -0.3 is 10.4 Å². The summed E-state index contributed by atoms with van der Waals surface area (Å²) < 4.78 is 1.21. The van der Waals surface area contributed by atoms with Crippen LogP contribution in [0.3, 0.4) is 0 Å². The number of benzene rings is 1. The summed E-state index contributed by atoms with van der Waals surface area (Å²) in [5.74, 6) is 0.0431. The molecule has 0 radical (unpaired) electrons. The molecular weight excluding hydrogens is 466 g/mol. The summed E-state index contributed by atoms with van der Waals surface area (Å²) in [7, 11) is 0. The fraction of sp³-hybridized carbons (Fsp3) is 0.552. The third-order valence-electron chi connectivity index (χ3n) is 6.63. The molecule has 200 valence electrons. The Kier molecular flexibility index (Phi) is 12.5. The molecule has 0 aliphatic carbocycles. The van der Waals surface area contributed by atoms with E-state index in [2.05, 4.69) is 35.5 Å². The van der Waals surface area contributed by atoms with E-state index in [1.807, 2.05) is 13.8 Å². The molecule has 8 nitrogen and oxygen atoms in total. The molecule has 0 bridgehead atoms. The minimum Gasteiger partial charge on any atom is -0.493 e. The number of rotatable bonds is 15. The number of carbonyl (C=O) groups is 1. The molecule has 8 heteroatoms. The fourth-order valence-electron chi connectivity index (χ4n) is 4.15. The predicted molar refractivity (Wildman–Crippen MR) is 147 cm³/mol. The summed E-state index contributed by atoms with van der Waals surface area (Å²) in [5.41, 5.74) is 1.15. The van der Waals surface area contributed by atoms with Gasteiger partial charge >= 0.3 is 0 Å². The first-order valence-electron chi connectivity index (χ1n) is 13.6. The number of pyridine rings is 1. The maximum atomic E-state index is 13.2. The van der Waals surface area contributed by atoms with Gasteiger partial charge in [0.05, 0.1) is 5.69 Å². The van der Waals surface area contributed by atoms with Gasteiger partial charge in [-0.2, -0.15) is 10.4 Å². The van der Waals surface area contributed by atoms with Crippen LogP contribution in [-0.4, -0.2) is 22.1 Å². The van der Waals surface area contributed by atoms with Gasteiger partial charge in [0.25, 0.3) is 11.5 Å². The van der Waals surface area contributed by atoms with E-state index in [1.165, 1.54) is 4.57 Å². The van der Waals surface area contributed by atoms with Crippen LogP contribution in [0.2, 0.25) is 0 Å². The number of nitriles is 1. The molecule has 0 aliphatic heterocycles. The Balaban J connectivity index is 2.29. The van der Waals surface area contributed by atoms with Crippen LogP contribution in [0.4, 0.5) is 11.4 Å². The van der Waals surface area contributed by atoms with Crippen LogP contribution in [0.5, 0.6) is 5.88 Å². The normalized spacial score (nSPS) is 12.0. The Hall–Kier alpha value is -3.47. The molecule has 1 unspecified atom stereocenters. The number of hydrogen-bond acceptors (Lipinski definition) is 6. The summed E-state index contributed by atoms with van der Waals surface area (Å²) >= 11 is 0. The van der Waals surface area contributed by atoms with Gasteiger partial charge in [-0.25, -0.2) is 0 Å². The highest BCUT2D eigenvalue weighted by Gasteiger charge is 2.21. The van der Waals surface area contributed by atoms with E-state index in [-0.39, 0.29) is 23.0 Å². The highest BCUT2D eigenvalue weighted by molar-refractivity contribution is 5.94. The maximum absolute atomic E-state index is 13.2. The van der Waals surface area contributed by atoms with E-state index in [4.69, 9.17) is 0 Å². The lowest BCUT2D eigenvalue weighted by atomic mass is 9.99. The summed E-state index contributed by atoms with van der Waals surface area (Å²) in [6.45, 7) is 9.27. The molecule has 1 aromatic heterocycles. The molecular formula is C29H41N5O3. The van der Waals surface area contributed by atoms with Crippen LogP contribution in [0.15, 0.2) is 39.3 Å². The number of nitrogens with one attached hydrogen (secondary N) is 1. The van der Waals surface area contributed by atoms with E-state index in [0.717, 1.165) is 44.9 Å². The van der Waals surface area contributed by atoms with Crippen LogP contribution in [-0.2, 0) is 13.0 Å². The second-order valence-electron chi connectivity index (χ2n) is 9.42. The van der Waals surface area contributed by atoms with Crippen LogP contribution >= 0.6 is 0 Å². The summed E-state index contributed by atoms with van der Waals surface area (Å²) in [4.78, 5) is 25.8. The predicted octanol–water partition coefficient (Wildman–Crippen LogP) is 6.93. The van der Waals surface area contributed by atoms with Crippen molar-refractivity contribution < 1.29 is 9.90 Å². The SMILES string of the molecule is CCCCc1c(C#N)c(O)n(CCCC)c(=O)c1N=Nc1ccc(C(=O)NCC(CC)CCCC)cc1. The number of unbranched alkanes of at least 4 members (excludes halogenated alkanes) is 3. The zero-order valence-corrected chi connectivity index (χ0v) is 22.7. The van der Waals surface area contributed by atoms with Gasteiger partial charge in [-0.1, -0.05) is 59.8 Å². The van der Waals surface area contributed by atoms with E-state index in [0.29, 0.717) is 48.7 Å². The Bertz CT molecular complexity index is 1150. The largest absolute Gasteiger partial charge is 0.493 e. The minimum atomic E-state index is -0.454. The van der Waals surface area contributed by atoms with Crippen LogP contribution in [0, 0.1) is 17.2 Å². The maximum Gasteiger partial charge on any atom is 0.281 e. The quantitative estimate of drug-likeness (QED) is 0.254. The van der Waals surface area contributed by atoms with Crippen molar-refractivity contribution in [2.24, 2.45) is 16.1 Å². The molecule has 1 amide bonds. The lowest BCUT2D eigenvalue weighted by molar-refractivity contribution is 0.0946. The van der Waals surface area contributed by atoms with Crippen molar-refractivity contribution in [3.63, 3.8) is 0 Å². The van der Waals surface area contributed by atoms with Crippen molar-refractivity contribution in [1.82, 2.24) is 9.88 Å². The summed E-state index contributed by atoms with van der Waals surface area (Å²) in [6.07, 6.45) is 8.02. The third kappa shape index (κ3) is 8.28. The standard InChI is InChI=1S/C29H41N5O3/c1-5-9-12-21(8-4)20-31-27(35)22-14-16-23(17-15-22)32-33-26-24(13-10-6-2)25(19-30)28(36)34(29(26)37)18-11-7-3/h14-17,21,36H,5-13,18,20H2,1-4H3,(H,31,35). The molecule has 2 aromatic rings. The summed E-state index contributed by atoms with van der Waals surface area (Å²) in [5, 5.41) is 31.9. The Morgan fingerprint density at radius 3 is 2.32 bits per heavy atom. The van der Waals surface area contributed by atoms with Crippen molar-refractivity contribution in [3.8, 4) is 11.9 Å². The molecule has 1 aromatic carbocycles. The number of nitrogens with zero attached hydrogens (tertiary/aromatic N) is 4. The molecule has 37 heavy (non-hydrogen) atoms. The first-order chi connectivity index (χ1) is 17.9. The number of hydrogen-bond donors (Lipinski definition) is 2. The second kappa shape index (κ2) is 15.6. The lowest BCUT2D eigenvalue weighted by Crippen LogP contribution is -2.29. The van der Waals surface area contributed by atoms with Crippen molar-refractivity contribution in [1.29, 1.82) is 5.26 Å². The van der Waals surface area contributed by atoms with Crippen molar-refractivity contribution >= 4 is 17.3 Å². The first-order valence-corrected chi connectivity index (χ1v) is 13.6. The molecule has 0 fully saturated rings. The number of carbonyl (C=O) groups excluding carboxylic acids is 1. The molecule has 2 rings (SSSR count). The smallest absolute Gasteiger partial charge is 0.281 e. The zero-order valence-electron chi connectivity index (χ0n) is 22.7. The number of aromatic hydroxyl groups is 1. The van der Waals surface area contributed by atoms with Gasteiger partial charge in [-0.3, -0.25) is 14.2 Å². The van der Waals surface area contributed by atoms with Crippen LogP contribution in [0.1, 0.15) is 101 Å². The van der Waals surface area contributed by atoms with E-state index < -0.39 is 5.56 Å². The fourth-order valence-corrected chi connectivity index (χ4v) is 4.15. The minimum absolute atomic E-state index is 0.0782. The first kappa shape index (κ1) is 29.8. The zero-order chi connectivity index (χ0) is 27.2. The molecule has 0 saturated carbocycles. The number of azo groups is 1. The monoisotopic (exact) mass is 507 g/mol. The third-order valence-corrected chi connectivity index (χ3v) is 6.63. The van der Waals surface area contributed by atoms with Gasteiger partial charge in [0.2, 0.25) is 5.88 Å². The van der Waals surface area contributed by atoms with E-state index in [9.17, 15) is 20.0 Å². The van der Waals surface area contributed by atoms with Crippen LogP contribution in [0.25, 0.3) is 0 Å². The van der Waals surface area contributed by atoms with E-state index >= 15 is 0 Å². The lowest BCUT2D eigenvalue weighted by Gasteiger charge is -2.15. The molecule has 0 aliphatic rings. The van der Waals surface area contributed by atoms with Gasteiger partial charge in [0.1, 0.15) is 11.6 Å². The van der Waals surface area contributed by atoms with Crippen molar-refractivity contribution in [2.45, 2.75) is 92.0 Å². The average molecular weight is 508 g/mol. The Labute approximate surface area is 220 Å². The molecule has 2 N–H and O–H groups in total. The van der Waals surface area contributed by atoms with E-state index in [1.54, 1.807) is 24.3 Å². The van der Waals surface area contributed by atoms with Gasteiger partial charge in [0.15, 0.2) is 5.69 Å². The van der Waals surface area contributed by atoms with Crippen molar-refractivity contribution in [3.05, 3.63) is 51.3 Å². The Morgan fingerprint density at radius 1 is 1.05 bits per heavy atom. The topological polar surface area (TPSA) is 120 Å². The van der Waals surface area contributed by atoms with Crippen molar-refractivity contribution in [2.75, 3.05) is 6.54 Å². The van der Waals surface area contributed by atoms with Crippen LogP contribution < -0.4 is 10.9 Å².